The molecule has 7 heteroatoms. The predicted molar refractivity (Wildman–Crippen MR) is 121 cm³/mol. The van der Waals surface area contributed by atoms with E-state index in [4.69, 9.17) is 32.0 Å². The highest BCUT2D eigenvalue weighted by Crippen LogP contribution is 2.35. The molecule has 0 saturated carbocycles. The quantitative estimate of drug-likeness (QED) is 0.253. The lowest BCUT2D eigenvalue weighted by Crippen LogP contribution is -2.10. The highest BCUT2D eigenvalue weighted by atomic mass is 35.5. The number of carbonyl (C=O) groups excluding carboxylic acids is 2. The molecule has 31 heavy (non-hydrogen) atoms. The molecule has 0 unspecified atom stereocenters. The van der Waals surface area contributed by atoms with Crippen LogP contribution in [0.25, 0.3) is 17.4 Å². The zero-order valence-corrected chi connectivity index (χ0v) is 17.5. The standard InChI is InChI=1S/C24H15Cl2NO4/c25-18-3-1-4-19(26)23(18)21-13-11-17(31-21)10-12-20(28)15-6-8-16(9-7-15)27-24(29)22-5-2-14-30-22/h1-14H,(H,27,29). The van der Waals surface area contributed by atoms with Crippen molar-refractivity contribution in [3.63, 3.8) is 0 Å². The van der Waals surface area contributed by atoms with Gasteiger partial charge in [-0.05, 0) is 72.8 Å². The average molecular weight is 452 g/mol. The fourth-order valence-electron chi connectivity index (χ4n) is 2.88. The zero-order valence-electron chi connectivity index (χ0n) is 16.0. The van der Waals surface area contributed by atoms with Crippen molar-refractivity contribution in [3.05, 3.63) is 106 Å². The predicted octanol–water partition coefficient (Wildman–Crippen LogP) is 6.99. The largest absolute Gasteiger partial charge is 0.459 e. The van der Waals surface area contributed by atoms with E-state index in [9.17, 15) is 9.59 Å². The summed E-state index contributed by atoms with van der Waals surface area (Å²) < 4.78 is 10.8. The SMILES string of the molecule is O=C(C=Cc1ccc(-c2c(Cl)cccc2Cl)o1)c1ccc(NC(=O)c2ccco2)cc1. The Morgan fingerprint density at radius 1 is 0.871 bits per heavy atom. The third-order valence-corrected chi connectivity index (χ3v) is 5.04. The first-order valence-electron chi connectivity index (χ1n) is 9.23. The number of hydrogen-bond acceptors (Lipinski definition) is 4. The number of benzene rings is 2. The molecular weight excluding hydrogens is 437 g/mol. The summed E-state index contributed by atoms with van der Waals surface area (Å²) in [4.78, 5) is 24.4. The Bertz CT molecular complexity index is 1230. The summed E-state index contributed by atoms with van der Waals surface area (Å²) in [6.45, 7) is 0. The van der Waals surface area contributed by atoms with Crippen LogP contribution in [0.1, 0.15) is 26.7 Å². The van der Waals surface area contributed by atoms with Crippen molar-refractivity contribution in [2.45, 2.75) is 0 Å². The van der Waals surface area contributed by atoms with Gasteiger partial charge >= 0.3 is 0 Å². The highest BCUT2D eigenvalue weighted by Gasteiger charge is 2.12. The second-order valence-electron chi connectivity index (χ2n) is 6.51. The number of anilines is 1. The Morgan fingerprint density at radius 3 is 2.29 bits per heavy atom. The average Bonchev–Trinajstić information content (AvgIpc) is 3.45. The normalized spacial score (nSPS) is 11.0. The van der Waals surface area contributed by atoms with Crippen LogP contribution in [0, 0.1) is 0 Å². The number of furan rings is 2. The van der Waals surface area contributed by atoms with Crippen molar-refractivity contribution in [1.82, 2.24) is 0 Å². The minimum absolute atomic E-state index is 0.207. The minimum Gasteiger partial charge on any atom is -0.459 e. The molecule has 2 heterocycles. The molecule has 0 bridgehead atoms. The molecule has 0 aliphatic carbocycles. The summed E-state index contributed by atoms with van der Waals surface area (Å²) in [6, 6.07) is 18.4. The molecule has 0 spiro atoms. The molecule has 2 aromatic heterocycles. The number of nitrogens with one attached hydrogen (secondary N) is 1. The number of hydrogen-bond donors (Lipinski definition) is 1. The molecule has 4 rings (SSSR count). The molecule has 4 aromatic rings. The van der Waals surface area contributed by atoms with Crippen LogP contribution in [-0.2, 0) is 0 Å². The maximum absolute atomic E-state index is 12.5. The summed E-state index contributed by atoms with van der Waals surface area (Å²) in [5.74, 6) is 0.633. The Kier molecular flexibility index (Phi) is 6.07. The first-order valence-corrected chi connectivity index (χ1v) is 9.98. The van der Waals surface area contributed by atoms with Crippen molar-refractivity contribution in [1.29, 1.82) is 0 Å². The molecule has 154 valence electrons. The summed E-state index contributed by atoms with van der Waals surface area (Å²) in [7, 11) is 0. The maximum atomic E-state index is 12.5. The third kappa shape index (κ3) is 4.79. The molecular formula is C24H15Cl2NO4. The Morgan fingerprint density at radius 2 is 1.61 bits per heavy atom. The second kappa shape index (κ2) is 9.08. The molecule has 5 nitrogen and oxygen atoms in total. The number of ketones is 1. The first-order chi connectivity index (χ1) is 15.0. The van der Waals surface area contributed by atoms with E-state index >= 15 is 0 Å². The fraction of sp³-hybridized carbons (Fsp3) is 0. The van der Waals surface area contributed by atoms with Crippen LogP contribution in [0.15, 0.2) is 87.9 Å². The van der Waals surface area contributed by atoms with Crippen LogP contribution in [0.3, 0.4) is 0 Å². The third-order valence-electron chi connectivity index (χ3n) is 4.41. The van der Waals surface area contributed by atoms with Gasteiger partial charge in [0.2, 0.25) is 0 Å². The minimum atomic E-state index is -0.365. The van der Waals surface area contributed by atoms with E-state index in [1.807, 2.05) is 0 Å². The Labute approximate surface area is 187 Å². The van der Waals surface area contributed by atoms with E-state index in [1.165, 1.54) is 12.3 Å². The molecule has 0 atom stereocenters. The first kappa shape index (κ1) is 20.7. The van der Waals surface area contributed by atoms with Crippen molar-refractivity contribution in [3.8, 4) is 11.3 Å². The number of carbonyl (C=O) groups is 2. The van der Waals surface area contributed by atoms with E-state index in [2.05, 4.69) is 5.32 Å². The number of halogens is 2. The molecule has 0 fully saturated rings. The van der Waals surface area contributed by atoms with Gasteiger partial charge in [-0.15, -0.1) is 0 Å². The molecule has 0 saturated heterocycles. The van der Waals surface area contributed by atoms with Crippen LogP contribution in [0.5, 0.6) is 0 Å². The van der Waals surface area contributed by atoms with Crippen LogP contribution in [-0.4, -0.2) is 11.7 Å². The lowest BCUT2D eigenvalue weighted by molar-refractivity contribution is 0.0996. The monoisotopic (exact) mass is 451 g/mol. The van der Waals surface area contributed by atoms with Gasteiger partial charge in [0.25, 0.3) is 5.91 Å². The molecule has 1 amide bonds. The van der Waals surface area contributed by atoms with Crippen LogP contribution >= 0.6 is 23.2 Å². The van der Waals surface area contributed by atoms with E-state index in [0.29, 0.717) is 38.4 Å². The van der Waals surface area contributed by atoms with Gasteiger partial charge < -0.3 is 14.2 Å². The maximum Gasteiger partial charge on any atom is 0.291 e. The Hall–Kier alpha value is -3.54. The van der Waals surface area contributed by atoms with Crippen molar-refractivity contribution < 1.29 is 18.4 Å². The van der Waals surface area contributed by atoms with Crippen LogP contribution < -0.4 is 5.32 Å². The number of amides is 1. The summed E-state index contributed by atoms with van der Waals surface area (Å²) in [6.07, 6.45) is 4.41. The summed E-state index contributed by atoms with van der Waals surface area (Å²) in [5, 5.41) is 3.66. The smallest absolute Gasteiger partial charge is 0.291 e. The number of allylic oxidation sites excluding steroid dienone is 1. The molecule has 0 aliphatic rings. The topological polar surface area (TPSA) is 72.5 Å². The van der Waals surface area contributed by atoms with Gasteiger partial charge in [0.05, 0.1) is 21.9 Å². The lowest BCUT2D eigenvalue weighted by Gasteiger charge is -2.04. The fourth-order valence-corrected chi connectivity index (χ4v) is 3.47. The van der Waals surface area contributed by atoms with Crippen molar-refractivity contribution in [2.24, 2.45) is 0 Å². The van der Waals surface area contributed by atoms with Gasteiger partial charge in [-0.2, -0.15) is 0 Å². The van der Waals surface area contributed by atoms with Gasteiger partial charge in [0.1, 0.15) is 11.5 Å². The molecule has 2 aromatic carbocycles. The van der Waals surface area contributed by atoms with E-state index < -0.39 is 0 Å². The second-order valence-corrected chi connectivity index (χ2v) is 7.32. The van der Waals surface area contributed by atoms with Crippen molar-refractivity contribution >= 4 is 46.7 Å². The zero-order chi connectivity index (χ0) is 21.8. The van der Waals surface area contributed by atoms with E-state index in [1.54, 1.807) is 72.8 Å². The Balaban J connectivity index is 1.43. The number of rotatable bonds is 6. The lowest BCUT2D eigenvalue weighted by atomic mass is 10.1. The van der Waals surface area contributed by atoms with Gasteiger partial charge in [-0.3, -0.25) is 9.59 Å². The van der Waals surface area contributed by atoms with Gasteiger partial charge in [0.15, 0.2) is 11.5 Å². The van der Waals surface area contributed by atoms with Crippen molar-refractivity contribution in [2.75, 3.05) is 5.32 Å². The summed E-state index contributed by atoms with van der Waals surface area (Å²) in [5.41, 5.74) is 1.62. The molecule has 0 aliphatic heterocycles. The van der Waals surface area contributed by atoms with E-state index in [0.717, 1.165) is 0 Å². The molecule has 1 N–H and O–H groups in total. The highest BCUT2D eigenvalue weighted by molar-refractivity contribution is 6.39. The van der Waals surface area contributed by atoms with E-state index in [-0.39, 0.29) is 17.5 Å². The van der Waals surface area contributed by atoms with Crippen LogP contribution in [0.2, 0.25) is 10.0 Å². The van der Waals surface area contributed by atoms with Crippen LogP contribution in [0.4, 0.5) is 5.69 Å². The summed E-state index contributed by atoms with van der Waals surface area (Å²) >= 11 is 12.4. The van der Waals surface area contributed by atoms with Gasteiger partial charge in [0, 0.05) is 11.3 Å². The van der Waals surface area contributed by atoms with Gasteiger partial charge in [-0.25, -0.2) is 0 Å². The molecule has 0 radical (unpaired) electrons. The van der Waals surface area contributed by atoms with Gasteiger partial charge in [-0.1, -0.05) is 29.3 Å².